The van der Waals surface area contributed by atoms with Crippen LogP contribution in [0.25, 0.3) is 0 Å². The molecule has 2 aromatic carbocycles. The van der Waals surface area contributed by atoms with Gasteiger partial charge in [0.1, 0.15) is 12.3 Å². The van der Waals surface area contributed by atoms with Crippen molar-refractivity contribution in [2.75, 3.05) is 23.0 Å². The highest BCUT2D eigenvalue weighted by molar-refractivity contribution is 6.06. The first-order valence-corrected chi connectivity index (χ1v) is 8.80. The average molecular weight is 352 g/mol. The van der Waals surface area contributed by atoms with E-state index in [1.54, 1.807) is 11.0 Å². The average Bonchev–Trinajstić information content (AvgIpc) is 2.60. The van der Waals surface area contributed by atoms with E-state index in [4.69, 9.17) is 4.74 Å². The molecule has 0 atom stereocenters. The highest BCUT2D eigenvalue weighted by Crippen LogP contribution is 2.32. The van der Waals surface area contributed by atoms with Gasteiger partial charge in [0, 0.05) is 11.7 Å². The molecule has 0 N–H and O–H groups in total. The number of rotatable bonds is 4. The monoisotopic (exact) mass is 352 g/mol. The number of carbonyl (C=O) groups is 2. The van der Waals surface area contributed by atoms with Gasteiger partial charge in [-0.25, -0.2) is 0 Å². The Morgan fingerprint density at radius 3 is 2.65 bits per heavy atom. The third-order valence-electron chi connectivity index (χ3n) is 4.51. The van der Waals surface area contributed by atoms with Gasteiger partial charge >= 0.3 is 0 Å². The number of anilines is 2. The summed E-state index contributed by atoms with van der Waals surface area (Å²) in [6.45, 7) is 7.91. The molecule has 0 spiro atoms. The van der Waals surface area contributed by atoms with Crippen molar-refractivity contribution in [3.05, 3.63) is 53.6 Å². The van der Waals surface area contributed by atoms with Crippen LogP contribution in [0, 0.1) is 13.8 Å². The number of hydrogen-bond donors (Lipinski definition) is 0. The largest absolute Gasteiger partial charge is 0.482 e. The quantitative estimate of drug-likeness (QED) is 0.847. The van der Waals surface area contributed by atoms with Crippen molar-refractivity contribution in [3.8, 4) is 5.75 Å². The van der Waals surface area contributed by atoms with Gasteiger partial charge < -0.3 is 9.64 Å². The third-order valence-corrected chi connectivity index (χ3v) is 4.51. The SMILES string of the molecule is Cc1ccc(C)c(N(C(=O)CN2C(=O)COc3ccccc32)C(C)C)c1. The Bertz CT molecular complexity index is 845. The predicted octanol–water partition coefficient (Wildman–Crippen LogP) is 3.47. The molecule has 0 aromatic heterocycles. The van der Waals surface area contributed by atoms with E-state index in [0.717, 1.165) is 16.8 Å². The van der Waals surface area contributed by atoms with Crippen molar-refractivity contribution in [2.24, 2.45) is 0 Å². The molecule has 5 nitrogen and oxygen atoms in total. The summed E-state index contributed by atoms with van der Waals surface area (Å²) in [7, 11) is 0. The molecule has 0 radical (unpaired) electrons. The van der Waals surface area contributed by atoms with Crippen LogP contribution < -0.4 is 14.5 Å². The van der Waals surface area contributed by atoms with Crippen LogP contribution in [0.4, 0.5) is 11.4 Å². The molecule has 5 heteroatoms. The standard InChI is InChI=1S/C21H24N2O3/c1-14(2)23(18-11-15(3)9-10-16(18)4)20(24)12-22-17-7-5-6-8-19(17)26-13-21(22)25/h5-11,14H,12-13H2,1-4H3. The summed E-state index contributed by atoms with van der Waals surface area (Å²) in [6, 6.07) is 13.3. The number of carbonyl (C=O) groups excluding carboxylic acids is 2. The van der Waals surface area contributed by atoms with Gasteiger partial charge in [-0.2, -0.15) is 0 Å². The van der Waals surface area contributed by atoms with Crippen LogP contribution in [-0.2, 0) is 9.59 Å². The smallest absolute Gasteiger partial charge is 0.265 e. The second-order valence-electron chi connectivity index (χ2n) is 6.88. The van der Waals surface area contributed by atoms with Crippen molar-refractivity contribution >= 4 is 23.2 Å². The normalized spacial score (nSPS) is 13.4. The van der Waals surface area contributed by atoms with Crippen molar-refractivity contribution < 1.29 is 14.3 Å². The molecular weight excluding hydrogens is 328 g/mol. The molecule has 3 rings (SSSR count). The Morgan fingerprint density at radius 2 is 1.92 bits per heavy atom. The maximum atomic E-state index is 13.2. The highest BCUT2D eigenvalue weighted by Gasteiger charge is 2.30. The van der Waals surface area contributed by atoms with E-state index in [1.165, 1.54) is 4.90 Å². The molecule has 1 aliphatic heterocycles. The van der Waals surface area contributed by atoms with Crippen LogP contribution >= 0.6 is 0 Å². The molecule has 2 aromatic rings. The van der Waals surface area contributed by atoms with Crippen LogP contribution in [0.3, 0.4) is 0 Å². The van der Waals surface area contributed by atoms with E-state index in [9.17, 15) is 9.59 Å². The van der Waals surface area contributed by atoms with E-state index in [1.807, 2.05) is 64.1 Å². The highest BCUT2D eigenvalue weighted by atomic mass is 16.5. The van der Waals surface area contributed by atoms with Crippen molar-refractivity contribution in [1.82, 2.24) is 0 Å². The van der Waals surface area contributed by atoms with Gasteiger partial charge in [0.25, 0.3) is 5.91 Å². The minimum atomic E-state index is -0.207. The lowest BCUT2D eigenvalue weighted by Gasteiger charge is -2.33. The topological polar surface area (TPSA) is 49.9 Å². The van der Waals surface area contributed by atoms with E-state index in [2.05, 4.69) is 0 Å². The summed E-state index contributed by atoms with van der Waals surface area (Å²) in [5.41, 5.74) is 3.66. The summed E-state index contributed by atoms with van der Waals surface area (Å²) in [5, 5.41) is 0. The van der Waals surface area contributed by atoms with Crippen molar-refractivity contribution in [1.29, 1.82) is 0 Å². The molecular formula is C21H24N2O3. The molecule has 0 saturated carbocycles. The van der Waals surface area contributed by atoms with Crippen LogP contribution in [0.2, 0.25) is 0 Å². The van der Waals surface area contributed by atoms with Crippen LogP contribution in [0.15, 0.2) is 42.5 Å². The summed E-state index contributed by atoms with van der Waals surface area (Å²) >= 11 is 0. The molecule has 1 aliphatic rings. The fourth-order valence-electron chi connectivity index (χ4n) is 3.22. The van der Waals surface area contributed by atoms with Crippen LogP contribution in [0.1, 0.15) is 25.0 Å². The minimum absolute atomic E-state index is 0.00916. The molecule has 1 heterocycles. The summed E-state index contributed by atoms with van der Waals surface area (Å²) in [6.07, 6.45) is 0. The number of amides is 2. The number of fused-ring (bicyclic) bond motifs is 1. The van der Waals surface area contributed by atoms with Gasteiger partial charge in [-0.1, -0.05) is 24.3 Å². The zero-order chi connectivity index (χ0) is 18.8. The van der Waals surface area contributed by atoms with E-state index < -0.39 is 0 Å². The van der Waals surface area contributed by atoms with E-state index >= 15 is 0 Å². The lowest BCUT2D eigenvalue weighted by atomic mass is 10.1. The van der Waals surface area contributed by atoms with Gasteiger partial charge in [0.2, 0.25) is 5.91 Å². The second kappa shape index (κ2) is 7.20. The number of aryl methyl sites for hydroxylation is 2. The zero-order valence-corrected chi connectivity index (χ0v) is 15.7. The predicted molar refractivity (Wildman–Crippen MR) is 103 cm³/mol. The van der Waals surface area contributed by atoms with Crippen molar-refractivity contribution in [3.63, 3.8) is 0 Å². The van der Waals surface area contributed by atoms with Crippen LogP contribution in [-0.4, -0.2) is 31.0 Å². The molecule has 136 valence electrons. The maximum Gasteiger partial charge on any atom is 0.265 e. The number of nitrogens with zero attached hydrogens (tertiary/aromatic N) is 2. The fourth-order valence-corrected chi connectivity index (χ4v) is 3.22. The first-order chi connectivity index (χ1) is 12.4. The molecule has 0 fully saturated rings. The zero-order valence-electron chi connectivity index (χ0n) is 15.7. The lowest BCUT2D eigenvalue weighted by Crippen LogP contribution is -2.48. The number of ether oxygens (including phenoxy) is 1. The second-order valence-corrected chi connectivity index (χ2v) is 6.88. The van der Waals surface area contributed by atoms with Gasteiger partial charge in [0.05, 0.1) is 5.69 Å². The van der Waals surface area contributed by atoms with Crippen molar-refractivity contribution in [2.45, 2.75) is 33.7 Å². The lowest BCUT2D eigenvalue weighted by molar-refractivity contribution is -0.124. The molecule has 0 bridgehead atoms. The van der Waals surface area contributed by atoms with Gasteiger partial charge in [-0.3, -0.25) is 14.5 Å². The molecule has 26 heavy (non-hydrogen) atoms. The maximum absolute atomic E-state index is 13.2. The Labute approximate surface area is 154 Å². The summed E-state index contributed by atoms with van der Waals surface area (Å²) < 4.78 is 5.46. The molecule has 0 saturated heterocycles. The number of benzene rings is 2. The minimum Gasteiger partial charge on any atom is -0.482 e. The summed E-state index contributed by atoms with van der Waals surface area (Å²) in [5.74, 6) is 0.309. The van der Waals surface area contributed by atoms with E-state index in [0.29, 0.717) is 11.4 Å². The number of hydrogen-bond acceptors (Lipinski definition) is 3. The first-order valence-electron chi connectivity index (χ1n) is 8.80. The fraction of sp³-hybridized carbons (Fsp3) is 0.333. The molecule has 0 aliphatic carbocycles. The number of para-hydroxylation sites is 2. The third kappa shape index (κ3) is 3.43. The Kier molecular flexibility index (Phi) is 4.98. The first kappa shape index (κ1) is 18.0. The van der Waals surface area contributed by atoms with Gasteiger partial charge in [0.15, 0.2) is 6.61 Å². The summed E-state index contributed by atoms with van der Waals surface area (Å²) in [4.78, 5) is 28.8. The Morgan fingerprint density at radius 1 is 1.19 bits per heavy atom. The Hall–Kier alpha value is -2.82. The Balaban J connectivity index is 1.92. The molecule has 2 amide bonds. The van der Waals surface area contributed by atoms with Gasteiger partial charge in [-0.15, -0.1) is 0 Å². The van der Waals surface area contributed by atoms with Crippen LogP contribution in [0.5, 0.6) is 5.75 Å². The molecule has 0 unspecified atom stereocenters. The van der Waals surface area contributed by atoms with Gasteiger partial charge in [-0.05, 0) is 57.0 Å². The van der Waals surface area contributed by atoms with E-state index in [-0.39, 0.29) is 31.0 Å².